The Morgan fingerprint density at radius 1 is 1.13 bits per heavy atom. The van der Waals surface area contributed by atoms with E-state index in [1.165, 1.54) is 34.5 Å². The third-order valence-corrected chi connectivity index (χ3v) is 5.21. The van der Waals surface area contributed by atoms with Crippen LogP contribution >= 0.6 is 11.6 Å². The van der Waals surface area contributed by atoms with Gasteiger partial charge >= 0.3 is 6.09 Å². The Labute approximate surface area is 179 Å². The van der Waals surface area contributed by atoms with Gasteiger partial charge in [-0.2, -0.15) is 4.39 Å². The standard InChI is InChI=1S/C24H18ClFN2O2/c25-22-14-28-23(26)13-16(22)7-5-6-12-27-24(29)30-15-21-19-10-3-1-8-17(19)18-9-2-4-11-20(18)21/h1-4,8-11,13-14,21H,6,12,15H2,(H,27,29). The number of ether oxygens (including phenoxy) is 1. The number of carbonyl (C=O) groups is 1. The predicted octanol–water partition coefficient (Wildman–Crippen LogP) is 5.15. The van der Waals surface area contributed by atoms with E-state index in [1.54, 1.807) is 0 Å². The summed E-state index contributed by atoms with van der Waals surface area (Å²) in [6.07, 6.45) is 1.10. The van der Waals surface area contributed by atoms with Gasteiger partial charge < -0.3 is 10.1 Å². The van der Waals surface area contributed by atoms with Crippen LogP contribution in [0.2, 0.25) is 5.02 Å². The topological polar surface area (TPSA) is 51.2 Å². The van der Waals surface area contributed by atoms with Crippen molar-refractivity contribution in [2.45, 2.75) is 12.3 Å². The molecule has 1 N–H and O–H groups in total. The molecule has 1 heterocycles. The first kappa shape index (κ1) is 19.9. The van der Waals surface area contributed by atoms with E-state index in [0.29, 0.717) is 18.5 Å². The minimum atomic E-state index is -0.638. The molecule has 0 unspecified atom stereocenters. The summed E-state index contributed by atoms with van der Waals surface area (Å²) in [5.41, 5.74) is 5.06. The largest absolute Gasteiger partial charge is 0.449 e. The van der Waals surface area contributed by atoms with Gasteiger partial charge in [0.1, 0.15) is 6.61 Å². The first-order chi connectivity index (χ1) is 14.6. The highest BCUT2D eigenvalue weighted by Gasteiger charge is 2.28. The molecule has 1 aliphatic carbocycles. The van der Waals surface area contributed by atoms with Gasteiger partial charge in [0.25, 0.3) is 0 Å². The number of aromatic nitrogens is 1. The molecule has 1 amide bonds. The van der Waals surface area contributed by atoms with Crippen LogP contribution in [0.5, 0.6) is 0 Å². The molecule has 0 saturated heterocycles. The second kappa shape index (κ2) is 8.98. The lowest BCUT2D eigenvalue weighted by Gasteiger charge is -2.14. The highest BCUT2D eigenvalue weighted by Crippen LogP contribution is 2.44. The van der Waals surface area contributed by atoms with Gasteiger partial charge in [0.15, 0.2) is 0 Å². The lowest BCUT2D eigenvalue weighted by atomic mass is 9.98. The van der Waals surface area contributed by atoms with E-state index in [-0.39, 0.29) is 17.5 Å². The van der Waals surface area contributed by atoms with Gasteiger partial charge in [-0.15, -0.1) is 0 Å². The van der Waals surface area contributed by atoms with Crippen molar-refractivity contribution in [2.24, 2.45) is 0 Å². The zero-order chi connectivity index (χ0) is 20.9. The molecule has 1 aromatic heterocycles. The van der Waals surface area contributed by atoms with Crippen LogP contribution in [-0.2, 0) is 4.74 Å². The third-order valence-electron chi connectivity index (χ3n) is 4.91. The minimum absolute atomic E-state index is 0.0201. The summed E-state index contributed by atoms with van der Waals surface area (Å²) in [7, 11) is 0. The summed E-state index contributed by atoms with van der Waals surface area (Å²) >= 11 is 5.91. The second-order valence-electron chi connectivity index (χ2n) is 6.79. The highest BCUT2D eigenvalue weighted by atomic mass is 35.5. The van der Waals surface area contributed by atoms with Crippen molar-refractivity contribution in [1.82, 2.24) is 10.3 Å². The predicted molar refractivity (Wildman–Crippen MR) is 114 cm³/mol. The number of fused-ring (bicyclic) bond motifs is 3. The van der Waals surface area contributed by atoms with E-state index in [0.717, 1.165) is 0 Å². The van der Waals surface area contributed by atoms with Gasteiger partial charge in [-0.25, -0.2) is 9.78 Å². The summed E-state index contributed by atoms with van der Waals surface area (Å²) in [4.78, 5) is 15.5. The van der Waals surface area contributed by atoms with E-state index >= 15 is 0 Å². The number of alkyl carbamates (subject to hydrolysis) is 1. The summed E-state index contributed by atoms with van der Waals surface area (Å²) in [6, 6.07) is 17.5. The molecule has 150 valence electrons. The Hall–Kier alpha value is -3.36. The van der Waals surface area contributed by atoms with Crippen LogP contribution in [0, 0.1) is 17.8 Å². The summed E-state index contributed by atoms with van der Waals surface area (Å²) in [5.74, 6) is 5.00. The molecule has 0 fully saturated rings. The fourth-order valence-corrected chi connectivity index (χ4v) is 3.69. The maximum atomic E-state index is 13.1. The van der Waals surface area contributed by atoms with Crippen molar-refractivity contribution in [3.63, 3.8) is 0 Å². The molecule has 30 heavy (non-hydrogen) atoms. The van der Waals surface area contributed by atoms with Crippen LogP contribution in [0.25, 0.3) is 11.1 Å². The van der Waals surface area contributed by atoms with Gasteiger partial charge in [0.2, 0.25) is 5.95 Å². The number of nitrogens with one attached hydrogen (secondary N) is 1. The molecule has 0 saturated carbocycles. The highest BCUT2D eigenvalue weighted by molar-refractivity contribution is 6.31. The molecular weight excluding hydrogens is 403 g/mol. The van der Waals surface area contributed by atoms with Gasteiger partial charge in [0.05, 0.1) is 5.02 Å². The molecule has 0 aliphatic heterocycles. The van der Waals surface area contributed by atoms with E-state index in [9.17, 15) is 9.18 Å². The Bertz CT molecular complexity index is 1110. The van der Waals surface area contributed by atoms with Crippen LogP contribution in [0.1, 0.15) is 29.0 Å². The van der Waals surface area contributed by atoms with Crippen molar-refractivity contribution in [2.75, 3.05) is 13.2 Å². The minimum Gasteiger partial charge on any atom is -0.449 e. The number of benzene rings is 2. The van der Waals surface area contributed by atoms with Gasteiger partial charge in [-0.1, -0.05) is 72.0 Å². The number of hydrogen-bond acceptors (Lipinski definition) is 3. The monoisotopic (exact) mass is 420 g/mol. The van der Waals surface area contributed by atoms with Gasteiger partial charge in [0, 0.05) is 36.7 Å². The Kier molecular flexibility index (Phi) is 5.97. The maximum Gasteiger partial charge on any atom is 0.407 e. The zero-order valence-corrected chi connectivity index (χ0v) is 16.7. The third kappa shape index (κ3) is 4.29. The van der Waals surface area contributed by atoms with E-state index in [2.05, 4.69) is 46.4 Å². The summed E-state index contributed by atoms with van der Waals surface area (Å²) < 4.78 is 18.6. The van der Waals surface area contributed by atoms with Crippen LogP contribution in [-0.4, -0.2) is 24.2 Å². The normalized spacial score (nSPS) is 11.8. The average molecular weight is 421 g/mol. The number of rotatable bonds is 4. The fraction of sp³-hybridized carbons (Fsp3) is 0.167. The van der Waals surface area contributed by atoms with Crippen molar-refractivity contribution < 1.29 is 13.9 Å². The molecule has 0 radical (unpaired) electrons. The van der Waals surface area contributed by atoms with Crippen molar-refractivity contribution in [3.8, 4) is 23.0 Å². The number of amides is 1. The molecule has 0 bridgehead atoms. The van der Waals surface area contributed by atoms with Crippen LogP contribution in [0.4, 0.5) is 9.18 Å². The molecule has 3 aromatic rings. The lowest BCUT2D eigenvalue weighted by Crippen LogP contribution is -2.26. The van der Waals surface area contributed by atoms with E-state index < -0.39 is 12.0 Å². The zero-order valence-electron chi connectivity index (χ0n) is 16.0. The molecule has 1 aliphatic rings. The van der Waals surface area contributed by atoms with Crippen LogP contribution < -0.4 is 5.32 Å². The SMILES string of the molecule is O=C(NCCC#Cc1cc(F)ncc1Cl)OCC1c2ccccc2-c2ccccc21. The van der Waals surface area contributed by atoms with Gasteiger partial charge in [-0.3, -0.25) is 0 Å². The number of pyridine rings is 1. The molecular formula is C24H18ClFN2O2. The Balaban J connectivity index is 1.30. The molecule has 4 rings (SSSR count). The average Bonchev–Trinajstić information content (AvgIpc) is 3.08. The van der Waals surface area contributed by atoms with Crippen molar-refractivity contribution >= 4 is 17.7 Å². The van der Waals surface area contributed by atoms with Gasteiger partial charge in [-0.05, 0) is 22.3 Å². The van der Waals surface area contributed by atoms with E-state index in [1.807, 2.05) is 24.3 Å². The Morgan fingerprint density at radius 3 is 2.50 bits per heavy atom. The van der Waals surface area contributed by atoms with Crippen LogP contribution in [0.15, 0.2) is 60.8 Å². The van der Waals surface area contributed by atoms with Crippen molar-refractivity contribution in [1.29, 1.82) is 0 Å². The fourth-order valence-electron chi connectivity index (χ4n) is 3.54. The smallest absolute Gasteiger partial charge is 0.407 e. The molecule has 0 atom stereocenters. The molecule has 4 nitrogen and oxygen atoms in total. The van der Waals surface area contributed by atoms with Crippen LogP contribution in [0.3, 0.4) is 0 Å². The molecule has 2 aromatic carbocycles. The number of hydrogen-bond donors (Lipinski definition) is 1. The molecule has 0 spiro atoms. The summed E-state index contributed by atoms with van der Waals surface area (Å²) in [6.45, 7) is 0.576. The molecule has 6 heteroatoms. The second-order valence-corrected chi connectivity index (χ2v) is 7.20. The summed E-state index contributed by atoms with van der Waals surface area (Å²) in [5, 5.41) is 2.97. The number of halogens is 2. The number of nitrogens with zero attached hydrogens (tertiary/aromatic N) is 1. The quantitative estimate of drug-likeness (QED) is 0.360. The Morgan fingerprint density at radius 2 is 1.80 bits per heavy atom. The number of carbonyl (C=O) groups excluding carboxylic acids is 1. The van der Waals surface area contributed by atoms with E-state index in [4.69, 9.17) is 16.3 Å². The maximum absolute atomic E-state index is 13.1. The lowest BCUT2D eigenvalue weighted by molar-refractivity contribution is 0.143. The first-order valence-electron chi connectivity index (χ1n) is 9.52. The van der Waals surface area contributed by atoms with Crippen molar-refractivity contribution in [3.05, 3.63) is 88.5 Å². The first-order valence-corrected chi connectivity index (χ1v) is 9.90.